The number of benzene rings is 1. The summed E-state index contributed by atoms with van der Waals surface area (Å²) in [5.74, 6) is 0.244. The average molecular weight is 297 g/mol. The van der Waals surface area contributed by atoms with Crippen LogP contribution in [0.1, 0.15) is 24.5 Å². The highest BCUT2D eigenvalue weighted by molar-refractivity contribution is 6.30. The van der Waals surface area contributed by atoms with Gasteiger partial charge in [-0.05, 0) is 31.2 Å². The van der Waals surface area contributed by atoms with Crippen molar-refractivity contribution in [2.45, 2.75) is 18.9 Å². The zero-order chi connectivity index (χ0) is 14.5. The summed E-state index contributed by atoms with van der Waals surface area (Å²) in [6, 6.07) is 7.28. The van der Waals surface area contributed by atoms with Crippen LogP contribution < -0.4 is 0 Å². The minimum Gasteiger partial charge on any atom is -0.387 e. The van der Waals surface area contributed by atoms with Crippen LogP contribution in [-0.4, -0.2) is 54.0 Å². The highest BCUT2D eigenvalue weighted by atomic mass is 35.5. The number of likely N-dealkylation sites (tertiary alicyclic amines) is 1. The second kappa shape index (κ2) is 7.07. The number of aliphatic hydroxyl groups is 1. The van der Waals surface area contributed by atoms with Crippen LogP contribution in [0.4, 0.5) is 0 Å². The van der Waals surface area contributed by atoms with Crippen molar-refractivity contribution in [2.24, 2.45) is 0 Å². The molecule has 5 heteroatoms. The molecule has 0 saturated carbocycles. The Hall–Kier alpha value is -1.10. The number of rotatable bonds is 6. The van der Waals surface area contributed by atoms with Crippen LogP contribution in [0, 0.1) is 0 Å². The van der Waals surface area contributed by atoms with Gasteiger partial charge in [0.25, 0.3) is 0 Å². The summed E-state index contributed by atoms with van der Waals surface area (Å²) in [6.07, 6.45) is 1.08. The molecule has 1 aliphatic heterocycles. The van der Waals surface area contributed by atoms with Gasteiger partial charge in [-0.2, -0.15) is 0 Å². The molecule has 1 aromatic carbocycles. The van der Waals surface area contributed by atoms with Crippen molar-refractivity contribution in [1.29, 1.82) is 0 Å². The van der Waals surface area contributed by atoms with Crippen molar-refractivity contribution >= 4 is 17.5 Å². The number of nitrogens with zero attached hydrogens (tertiary/aromatic N) is 2. The maximum absolute atomic E-state index is 11.5. The molecule has 20 heavy (non-hydrogen) atoms. The fourth-order valence-electron chi connectivity index (χ4n) is 2.44. The third-order valence-electron chi connectivity index (χ3n) is 3.64. The molecule has 1 aliphatic rings. The Morgan fingerprint density at radius 2 is 2.30 bits per heavy atom. The Morgan fingerprint density at radius 1 is 1.50 bits per heavy atom. The fourth-order valence-corrected chi connectivity index (χ4v) is 2.64. The van der Waals surface area contributed by atoms with Crippen molar-refractivity contribution in [2.75, 3.05) is 33.2 Å². The summed E-state index contributed by atoms with van der Waals surface area (Å²) in [6.45, 7) is 2.90. The normalized spacial score (nSPS) is 17.0. The van der Waals surface area contributed by atoms with E-state index < -0.39 is 6.10 Å². The largest absolute Gasteiger partial charge is 0.387 e. The summed E-state index contributed by atoms with van der Waals surface area (Å²) in [5, 5.41) is 10.8. The number of amides is 1. The SMILES string of the molecule is CN(CCN1CCCC1=O)CC(O)c1cccc(Cl)c1. The Labute approximate surface area is 124 Å². The van der Waals surface area contributed by atoms with Gasteiger partial charge in [0.2, 0.25) is 5.91 Å². The highest BCUT2D eigenvalue weighted by Crippen LogP contribution is 2.18. The molecule has 1 fully saturated rings. The molecule has 2 rings (SSSR count). The van der Waals surface area contributed by atoms with Crippen molar-refractivity contribution in [3.05, 3.63) is 34.9 Å². The van der Waals surface area contributed by atoms with Crippen molar-refractivity contribution in [1.82, 2.24) is 9.80 Å². The van der Waals surface area contributed by atoms with Crippen LogP contribution in [0.5, 0.6) is 0 Å². The number of carbonyl (C=O) groups excluding carboxylic acids is 1. The number of hydrogen-bond acceptors (Lipinski definition) is 3. The number of hydrogen-bond donors (Lipinski definition) is 1. The van der Waals surface area contributed by atoms with Gasteiger partial charge in [0, 0.05) is 37.6 Å². The first-order valence-electron chi connectivity index (χ1n) is 6.96. The zero-order valence-corrected chi connectivity index (χ0v) is 12.5. The van der Waals surface area contributed by atoms with E-state index in [1.807, 2.05) is 29.0 Å². The summed E-state index contributed by atoms with van der Waals surface area (Å²) in [5.41, 5.74) is 0.821. The lowest BCUT2D eigenvalue weighted by Crippen LogP contribution is -2.35. The van der Waals surface area contributed by atoms with E-state index in [0.29, 0.717) is 18.0 Å². The van der Waals surface area contributed by atoms with E-state index in [9.17, 15) is 9.90 Å². The van der Waals surface area contributed by atoms with Gasteiger partial charge < -0.3 is 14.9 Å². The van der Waals surface area contributed by atoms with Gasteiger partial charge in [-0.15, -0.1) is 0 Å². The second-order valence-electron chi connectivity index (χ2n) is 5.32. The smallest absolute Gasteiger partial charge is 0.222 e. The molecule has 1 N–H and O–H groups in total. The molecule has 1 heterocycles. The lowest BCUT2D eigenvalue weighted by Gasteiger charge is -2.24. The maximum Gasteiger partial charge on any atom is 0.222 e. The van der Waals surface area contributed by atoms with E-state index in [0.717, 1.165) is 31.6 Å². The quantitative estimate of drug-likeness (QED) is 0.872. The highest BCUT2D eigenvalue weighted by Gasteiger charge is 2.20. The van der Waals surface area contributed by atoms with Crippen LogP contribution >= 0.6 is 11.6 Å². The van der Waals surface area contributed by atoms with Crippen LogP contribution in [0.3, 0.4) is 0 Å². The standard InChI is InChI=1S/C15H21ClN2O2/c1-17(8-9-18-7-3-6-15(18)20)11-14(19)12-4-2-5-13(16)10-12/h2,4-5,10,14,19H,3,6-9,11H2,1H3. The summed E-state index contributed by atoms with van der Waals surface area (Å²) in [4.78, 5) is 15.4. The lowest BCUT2D eigenvalue weighted by molar-refractivity contribution is -0.127. The Balaban J connectivity index is 1.79. The van der Waals surface area contributed by atoms with E-state index >= 15 is 0 Å². The lowest BCUT2D eigenvalue weighted by atomic mass is 10.1. The monoisotopic (exact) mass is 296 g/mol. The van der Waals surface area contributed by atoms with Gasteiger partial charge in [0.1, 0.15) is 0 Å². The van der Waals surface area contributed by atoms with Crippen LogP contribution in [-0.2, 0) is 4.79 Å². The first-order valence-corrected chi connectivity index (χ1v) is 7.34. The maximum atomic E-state index is 11.5. The Kier molecular flexibility index (Phi) is 5.40. The molecule has 0 aliphatic carbocycles. The third kappa shape index (κ3) is 4.20. The predicted octanol–water partition coefficient (Wildman–Crippen LogP) is 1.93. The van der Waals surface area contributed by atoms with Crippen molar-refractivity contribution in [3.63, 3.8) is 0 Å². The molecule has 0 bridgehead atoms. The van der Waals surface area contributed by atoms with Gasteiger partial charge in [0.05, 0.1) is 6.10 Å². The number of aliphatic hydroxyl groups excluding tert-OH is 1. The summed E-state index contributed by atoms with van der Waals surface area (Å²) in [7, 11) is 1.95. The summed E-state index contributed by atoms with van der Waals surface area (Å²) < 4.78 is 0. The molecule has 1 atom stereocenters. The van der Waals surface area contributed by atoms with Crippen molar-refractivity contribution in [3.8, 4) is 0 Å². The average Bonchev–Trinajstić information content (AvgIpc) is 2.82. The topological polar surface area (TPSA) is 43.8 Å². The molecule has 0 radical (unpaired) electrons. The van der Waals surface area contributed by atoms with E-state index in [1.54, 1.807) is 12.1 Å². The van der Waals surface area contributed by atoms with E-state index in [1.165, 1.54) is 0 Å². The molecule has 0 aromatic heterocycles. The molecular formula is C15H21ClN2O2. The molecule has 4 nitrogen and oxygen atoms in total. The first-order chi connectivity index (χ1) is 9.56. The van der Waals surface area contributed by atoms with E-state index in [2.05, 4.69) is 0 Å². The molecule has 0 spiro atoms. The van der Waals surface area contributed by atoms with Gasteiger partial charge in [-0.25, -0.2) is 0 Å². The fraction of sp³-hybridized carbons (Fsp3) is 0.533. The van der Waals surface area contributed by atoms with E-state index in [-0.39, 0.29) is 5.91 Å². The molecule has 1 saturated heterocycles. The number of carbonyl (C=O) groups is 1. The second-order valence-corrected chi connectivity index (χ2v) is 5.75. The molecule has 1 amide bonds. The Bertz CT molecular complexity index is 467. The van der Waals surface area contributed by atoms with Gasteiger partial charge in [-0.3, -0.25) is 4.79 Å². The third-order valence-corrected chi connectivity index (χ3v) is 3.88. The van der Waals surface area contributed by atoms with Gasteiger partial charge >= 0.3 is 0 Å². The molecule has 1 unspecified atom stereocenters. The minimum absolute atomic E-state index is 0.244. The van der Waals surface area contributed by atoms with Crippen LogP contribution in [0.25, 0.3) is 0 Å². The van der Waals surface area contributed by atoms with Gasteiger partial charge in [-0.1, -0.05) is 23.7 Å². The first kappa shape index (κ1) is 15.3. The van der Waals surface area contributed by atoms with Crippen LogP contribution in [0.15, 0.2) is 24.3 Å². The van der Waals surface area contributed by atoms with Crippen LogP contribution in [0.2, 0.25) is 5.02 Å². The van der Waals surface area contributed by atoms with Crippen molar-refractivity contribution < 1.29 is 9.90 Å². The molecule has 1 aromatic rings. The van der Waals surface area contributed by atoms with Gasteiger partial charge in [0.15, 0.2) is 0 Å². The number of halogens is 1. The minimum atomic E-state index is -0.562. The summed E-state index contributed by atoms with van der Waals surface area (Å²) >= 11 is 5.92. The predicted molar refractivity (Wildman–Crippen MR) is 79.7 cm³/mol. The van der Waals surface area contributed by atoms with E-state index in [4.69, 9.17) is 11.6 Å². The molecular weight excluding hydrogens is 276 g/mol. The zero-order valence-electron chi connectivity index (χ0n) is 11.8. The Morgan fingerprint density at radius 3 is 2.95 bits per heavy atom. The molecule has 110 valence electrons. The number of likely N-dealkylation sites (N-methyl/N-ethyl adjacent to an activating group) is 1.